The van der Waals surface area contributed by atoms with Crippen molar-refractivity contribution in [1.82, 2.24) is 14.6 Å². The van der Waals surface area contributed by atoms with Gasteiger partial charge in [0.25, 0.3) is 0 Å². The molecule has 0 bridgehead atoms. The monoisotopic (exact) mass is 293 g/mol. The Morgan fingerprint density at radius 1 is 1.14 bits per heavy atom. The summed E-state index contributed by atoms with van der Waals surface area (Å²) >= 11 is 0. The van der Waals surface area contributed by atoms with E-state index in [2.05, 4.69) is 14.8 Å². The van der Waals surface area contributed by atoms with Gasteiger partial charge in [0.05, 0.1) is 11.9 Å². The average Bonchev–Trinajstić information content (AvgIpc) is 2.84. The first-order valence-electron chi connectivity index (χ1n) is 6.09. The van der Waals surface area contributed by atoms with E-state index >= 15 is 0 Å². The first kappa shape index (κ1) is 13.4. The molecule has 1 aromatic carbocycles. The van der Waals surface area contributed by atoms with E-state index in [9.17, 15) is 13.2 Å². The lowest BCUT2D eigenvalue weighted by atomic mass is 10.1. The fourth-order valence-electron chi connectivity index (χ4n) is 2.08. The molecule has 108 valence electrons. The van der Waals surface area contributed by atoms with Crippen molar-refractivity contribution < 1.29 is 17.9 Å². The Morgan fingerprint density at radius 2 is 1.95 bits per heavy atom. The van der Waals surface area contributed by atoms with Crippen LogP contribution in [0.5, 0.6) is 5.75 Å². The van der Waals surface area contributed by atoms with Gasteiger partial charge in [-0.25, -0.2) is 9.50 Å². The molecule has 3 aromatic rings. The molecule has 7 heteroatoms. The molecule has 0 spiro atoms. The summed E-state index contributed by atoms with van der Waals surface area (Å²) in [6, 6.07) is 7.68. The Balaban J connectivity index is 1.98. The molecular weight excluding hydrogens is 283 g/mol. The smallest absolute Gasteiger partial charge is 0.406 e. The molecule has 0 aliphatic heterocycles. The Bertz CT molecular complexity index is 796. The average molecular weight is 293 g/mol. The van der Waals surface area contributed by atoms with Crippen molar-refractivity contribution in [3.05, 3.63) is 48.3 Å². The number of ether oxygens (including phenoxy) is 1. The summed E-state index contributed by atoms with van der Waals surface area (Å²) < 4.78 is 42.1. The molecule has 0 saturated carbocycles. The maximum atomic E-state index is 12.2. The van der Waals surface area contributed by atoms with Gasteiger partial charge in [0.2, 0.25) is 0 Å². The first-order valence-corrected chi connectivity index (χ1v) is 6.09. The fourth-order valence-corrected chi connectivity index (χ4v) is 2.08. The van der Waals surface area contributed by atoms with Crippen LogP contribution in [0.1, 0.15) is 5.56 Å². The van der Waals surface area contributed by atoms with Gasteiger partial charge < -0.3 is 4.74 Å². The Labute approximate surface area is 117 Å². The van der Waals surface area contributed by atoms with Crippen LogP contribution in [0, 0.1) is 6.92 Å². The van der Waals surface area contributed by atoms with Crippen LogP contribution in [0.4, 0.5) is 13.2 Å². The quantitative estimate of drug-likeness (QED) is 0.724. The molecule has 0 aliphatic carbocycles. The number of hydrogen-bond donors (Lipinski definition) is 0. The highest BCUT2D eigenvalue weighted by Crippen LogP contribution is 2.29. The van der Waals surface area contributed by atoms with Crippen molar-refractivity contribution in [3.63, 3.8) is 0 Å². The highest BCUT2D eigenvalue weighted by atomic mass is 19.4. The lowest BCUT2D eigenvalue weighted by molar-refractivity contribution is -0.274. The zero-order valence-electron chi connectivity index (χ0n) is 10.9. The maximum Gasteiger partial charge on any atom is 0.573 e. The van der Waals surface area contributed by atoms with Gasteiger partial charge in [-0.2, -0.15) is 5.10 Å². The van der Waals surface area contributed by atoms with Gasteiger partial charge in [0, 0.05) is 17.8 Å². The second-order valence-corrected chi connectivity index (χ2v) is 4.47. The number of halogens is 3. The predicted molar refractivity (Wildman–Crippen MR) is 69.8 cm³/mol. The zero-order valence-corrected chi connectivity index (χ0v) is 10.9. The fraction of sp³-hybridized carbons (Fsp3) is 0.143. The molecule has 0 unspecified atom stereocenters. The molecule has 0 amide bonds. The molecule has 3 rings (SSSR count). The normalized spacial score (nSPS) is 11.8. The highest BCUT2D eigenvalue weighted by molar-refractivity contribution is 5.66. The van der Waals surface area contributed by atoms with Crippen molar-refractivity contribution >= 4 is 5.65 Å². The van der Waals surface area contributed by atoms with Gasteiger partial charge in [-0.05, 0) is 36.8 Å². The van der Waals surface area contributed by atoms with Crippen molar-refractivity contribution in [2.75, 3.05) is 0 Å². The molecule has 21 heavy (non-hydrogen) atoms. The molecule has 0 atom stereocenters. The molecule has 0 N–H and O–H groups in total. The molecule has 0 radical (unpaired) electrons. The first-order chi connectivity index (χ1) is 9.92. The second-order valence-electron chi connectivity index (χ2n) is 4.47. The van der Waals surface area contributed by atoms with Gasteiger partial charge in [-0.1, -0.05) is 0 Å². The number of aromatic nitrogens is 3. The maximum absolute atomic E-state index is 12.2. The third-order valence-corrected chi connectivity index (χ3v) is 2.97. The van der Waals surface area contributed by atoms with Crippen molar-refractivity contribution in [1.29, 1.82) is 0 Å². The van der Waals surface area contributed by atoms with Gasteiger partial charge in [-0.15, -0.1) is 13.2 Å². The third-order valence-electron chi connectivity index (χ3n) is 2.97. The van der Waals surface area contributed by atoms with E-state index in [1.165, 1.54) is 12.1 Å². The Kier molecular flexibility index (Phi) is 3.04. The van der Waals surface area contributed by atoms with E-state index in [-0.39, 0.29) is 5.75 Å². The SMILES string of the molecule is Cc1cc(OC(F)(F)F)ccc1-c1ccn2nccc2n1. The van der Waals surface area contributed by atoms with Gasteiger partial charge in [0.15, 0.2) is 5.65 Å². The van der Waals surface area contributed by atoms with Crippen LogP contribution >= 0.6 is 0 Å². The summed E-state index contributed by atoms with van der Waals surface area (Å²) in [4.78, 5) is 4.41. The number of benzene rings is 1. The van der Waals surface area contributed by atoms with Crippen LogP contribution in [-0.4, -0.2) is 21.0 Å². The van der Waals surface area contributed by atoms with Gasteiger partial charge in [-0.3, -0.25) is 0 Å². The minimum Gasteiger partial charge on any atom is -0.406 e. The second kappa shape index (κ2) is 4.76. The van der Waals surface area contributed by atoms with E-state index < -0.39 is 6.36 Å². The van der Waals surface area contributed by atoms with Crippen LogP contribution in [-0.2, 0) is 0 Å². The number of alkyl halides is 3. The molecule has 4 nitrogen and oxygen atoms in total. The van der Waals surface area contributed by atoms with E-state index in [1.807, 2.05) is 0 Å². The Hall–Kier alpha value is -2.57. The standard InChI is InChI=1S/C14H10F3N3O/c1-9-8-10(21-14(15,16)17)2-3-11(9)12-5-7-20-13(19-12)4-6-18-20/h2-8H,1H3. The predicted octanol–water partition coefficient (Wildman–Crippen LogP) is 3.60. The number of hydrogen-bond acceptors (Lipinski definition) is 3. The third kappa shape index (κ3) is 2.81. The number of aryl methyl sites for hydroxylation is 1. The minimum absolute atomic E-state index is 0.241. The molecule has 0 saturated heterocycles. The van der Waals surface area contributed by atoms with Crippen molar-refractivity contribution in [2.24, 2.45) is 0 Å². The number of nitrogens with zero attached hydrogens (tertiary/aromatic N) is 3. The van der Waals surface area contributed by atoms with Crippen LogP contribution < -0.4 is 4.74 Å². The van der Waals surface area contributed by atoms with Crippen LogP contribution in [0.2, 0.25) is 0 Å². The molecular formula is C14H10F3N3O. The molecule has 2 aromatic heterocycles. The minimum atomic E-state index is -4.69. The molecule has 0 fully saturated rings. The van der Waals surface area contributed by atoms with Crippen molar-refractivity contribution in [3.8, 4) is 17.0 Å². The van der Waals surface area contributed by atoms with Gasteiger partial charge in [0.1, 0.15) is 5.75 Å². The van der Waals surface area contributed by atoms with Crippen LogP contribution in [0.15, 0.2) is 42.7 Å². The Morgan fingerprint density at radius 3 is 2.67 bits per heavy atom. The summed E-state index contributed by atoms with van der Waals surface area (Å²) in [7, 11) is 0. The number of fused-ring (bicyclic) bond motifs is 1. The summed E-state index contributed by atoms with van der Waals surface area (Å²) in [5.74, 6) is -0.241. The summed E-state index contributed by atoms with van der Waals surface area (Å²) in [6.07, 6.45) is -1.32. The van der Waals surface area contributed by atoms with E-state index in [1.54, 1.807) is 42.0 Å². The van der Waals surface area contributed by atoms with Crippen LogP contribution in [0.25, 0.3) is 16.9 Å². The number of rotatable bonds is 2. The van der Waals surface area contributed by atoms with E-state index in [0.717, 1.165) is 5.56 Å². The lowest BCUT2D eigenvalue weighted by Crippen LogP contribution is -2.17. The zero-order chi connectivity index (χ0) is 15.0. The summed E-state index contributed by atoms with van der Waals surface area (Å²) in [6.45, 7) is 1.71. The topological polar surface area (TPSA) is 39.4 Å². The molecule has 2 heterocycles. The molecule has 0 aliphatic rings. The highest BCUT2D eigenvalue weighted by Gasteiger charge is 2.31. The lowest BCUT2D eigenvalue weighted by Gasteiger charge is -2.11. The van der Waals surface area contributed by atoms with Crippen LogP contribution in [0.3, 0.4) is 0 Å². The summed E-state index contributed by atoms with van der Waals surface area (Å²) in [5, 5.41) is 4.04. The van der Waals surface area contributed by atoms with E-state index in [0.29, 0.717) is 16.9 Å². The summed E-state index contributed by atoms with van der Waals surface area (Å²) in [5.41, 5.74) is 2.72. The largest absolute Gasteiger partial charge is 0.573 e. The van der Waals surface area contributed by atoms with Crippen molar-refractivity contribution in [2.45, 2.75) is 13.3 Å². The van der Waals surface area contributed by atoms with Gasteiger partial charge >= 0.3 is 6.36 Å². The van der Waals surface area contributed by atoms with E-state index in [4.69, 9.17) is 0 Å².